The number of rotatable bonds is 8. The Kier molecular flexibility index (Phi) is 7.28. The van der Waals surface area contributed by atoms with Crippen LogP contribution >= 0.6 is 11.8 Å². The van der Waals surface area contributed by atoms with Crippen LogP contribution in [0.5, 0.6) is 5.75 Å². The highest BCUT2D eigenvalue weighted by atomic mass is 32.2. The predicted molar refractivity (Wildman–Crippen MR) is 141 cm³/mol. The Morgan fingerprint density at radius 1 is 0.946 bits per heavy atom. The third-order valence-corrected chi connectivity index (χ3v) is 7.62. The zero-order valence-electron chi connectivity index (χ0n) is 20.3. The maximum Gasteiger partial charge on any atom is 0.355 e. The number of benzene rings is 3. The molecule has 8 heteroatoms. The molecule has 2 atom stereocenters. The number of ether oxygens (including phenoxy) is 2. The molecule has 1 N–H and O–H groups in total. The number of thioether (sulfide) groups is 1. The Balaban J connectivity index is 1.34. The first kappa shape index (κ1) is 24.6. The fourth-order valence-electron chi connectivity index (χ4n) is 4.41. The van der Waals surface area contributed by atoms with Crippen molar-refractivity contribution in [3.05, 3.63) is 107 Å². The van der Waals surface area contributed by atoms with E-state index in [1.165, 1.54) is 16.7 Å². The van der Waals surface area contributed by atoms with Crippen molar-refractivity contribution >= 4 is 35.1 Å². The van der Waals surface area contributed by atoms with Gasteiger partial charge in [-0.2, -0.15) is 0 Å². The van der Waals surface area contributed by atoms with E-state index in [2.05, 4.69) is 5.32 Å². The number of hydrogen-bond donors (Lipinski definition) is 1. The van der Waals surface area contributed by atoms with E-state index >= 15 is 0 Å². The van der Waals surface area contributed by atoms with E-state index in [0.29, 0.717) is 11.5 Å². The summed E-state index contributed by atoms with van der Waals surface area (Å²) in [5, 5.41) is 2.49. The summed E-state index contributed by atoms with van der Waals surface area (Å²) in [5.74, 6) is 0.108. The Hall–Kier alpha value is -4.04. The molecule has 0 spiro atoms. The van der Waals surface area contributed by atoms with Crippen molar-refractivity contribution in [2.75, 3.05) is 12.9 Å². The van der Waals surface area contributed by atoms with Gasteiger partial charge < -0.3 is 14.8 Å². The van der Waals surface area contributed by atoms with Crippen LogP contribution in [0.4, 0.5) is 0 Å². The van der Waals surface area contributed by atoms with Crippen LogP contribution in [0.1, 0.15) is 16.7 Å². The Morgan fingerprint density at radius 2 is 1.62 bits per heavy atom. The number of β-lactam (4-membered cyclic amide) rings is 1. The van der Waals surface area contributed by atoms with Gasteiger partial charge in [-0.15, -0.1) is 11.8 Å². The van der Waals surface area contributed by atoms with Crippen LogP contribution in [0.2, 0.25) is 0 Å². The van der Waals surface area contributed by atoms with Gasteiger partial charge in [0.1, 0.15) is 29.5 Å². The lowest BCUT2D eigenvalue weighted by Crippen LogP contribution is -2.70. The van der Waals surface area contributed by atoms with Gasteiger partial charge in [0, 0.05) is 11.3 Å². The third kappa shape index (κ3) is 5.24. The van der Waals surface area contributed by atoms with Crippen LogP contribution in [-0.2, 0) is 32.1 Å². The highest BCUT2D eigenvalue weighted by Gasteiger charge is 2.54. The minimum atomic E-state index is -0.692. The number of amides is 2. The fraction of sp³-hybridized carbons (Fsp3) is 0.207. The molecule has 1 unspecified atom stereocenters. The first-order valence-electron chi connectivity index (χ1n) is 11.9. The maximum absolute atomic E-state index is 13.4. The van der Waals surface area contributed by atoms with Crippen molar-refractivity contribution in [1.82, 2.24) is 10.2 Å². The number of carbonyl (C=O) groups excluding carboxylic acids is 3. The summed E-state index contributed by atoms with van der Waals surface area (Å²) in [5.41, 5.74) is 3.51. The minimum Gasteiger partial charge on any atom is -0.497 e. The summed E-state index contributed by atoms with van der Waals surface area (Å²) in [7, 11) is 1.59. The lowest BCUT2D eigenvalue weighted by atomic mass is 9.98. The van der Waals surface area contributed by atoms with Crippen molar-refractivity contribution in [2.24, 2.45) is 0 Å². The summed E-state index contributed by atoms with van der Waals surface area (Å²) in [4.78, 5) is 40.8. The number of nitrogens with zero attached hydrogens (tertiary/aromatic N) is 1. The highest BCUT2D eigenvalue weighted by molar-refractivity contribution is 8.00. The van der Waals surface area contributed by atoms with Gasteiger partial charge in [-0.05, 0) is 28.8 Å². The van der Waals surface area contributed by atoms with Crippen molar-refractivity contribution in [1.29, 1.82) is 0 Å². The van der Waals surface area contributed by atoms with Crippen molar-refractivity contribution in [2.45, 2.75) is 24.4 Å². The minimum absolute atomic E-state index is 0.0610. The first-order chi connectivity index (χ1) is 18.0. The lowest BCUT2D eigenvalue weighted by molar-refractivity contribution is -0.153. The van der Waals surface area contributed by atoms with E-state index in [1.54, 1.807) is 19.2 Å². The third-order valence-electron chi connectivity index (χ3n) is 6.34. The zero-order chi connectivity index (χ0) is 25.8. The topological polar surface area (TPSA) is 84.9 Å². The van der Waals surface area contributed by atoms with E-state index < -0.39 is 12.0 Å². The molecule has 0 aliphatic carbocycles. The van der Waals surface area contributed by atoms with Gasteiger partial charge in [-0.25, -0.2) is 4.79 Å². The van der Waals surface area contributed by atoms with E-state index in [1.807, 2.05) is 72.8 Å². The predicted octanol–water partition coefficient (Wildman–Crippen LogP) is 3.79. The summed E-state index contributed by atoms with van der Waals surface area (Å²) in [6.07, 6.45) is 0.184. The van der Waals surface area contributed by atoms with Crippen LogP contribution in [0, 0.1) is 0 Å². The smallest absolute Gasteiger partial charge is 0.355 e. The fourth-order valence-corrected chi connectivity index (χ4v) is 5.79. The molecule has 0 bridgehead atoms. The summed E-state index contributed by atoms with van der Waals surface area (Å²) in [6.45, 7) is 0.0610. The van der Waals surface area contributed by atoms with Gasteiger partial charge >= 0.3 is 5.97 Å². The molecule has 0 radical (unpaired) electrons. The molecule has 0 aromatic heterocycles. The van der Waals surface area contributed by atoms with Gasteiger partial charge in [0.25, 0.3) is 5.91 Å². The number of methoxy groups -OCH3 is 1. The Labute approximate surface area is 219 Å². The molecule has 2 aliphatic heterocycles. The molecule has 0 saturated carbocycles. The normalized spacial score (nSPS) is 18.5. The van der Waals surface area contributed by atoms with Gasteiger partial charge in [0.05, 0.1) is 13.5 Å². The molecule has 5 rings (SSSR count). The molecule has 188 valence electrons. The monoisotopic (exact) mass is 514 g/mol. The average Bonchev–Trinajstić information content (AvgIpc) is 2.95. The summed E-state index contributed by atoms with van der Waals surface area (Å²) >= 11 is 1.53. The molecule has 1 saturated heterocycles. The second-order valence-electron chi connectivity index (χ2n) is 8.73. The van der Waals surface area contributed by atoms with Crippen LogP contribution in [0.15, 0.2) is 90.6 Å². The SMILES string of the molecule is COc1ccc(COC(=O)C2=C(c3ccccc3)CSC3[C@H](NC(=O)Cc4ccccc4)C(=O)N23)cc1. The molecule has 3 aromatic carbocycles. The van der Waals surface area contributed by atoms with E-state index in [-0.39, 0.29) is 35.9 Å². The number of esters is 1. The van der Waals surface area contributed by atoms with Gasteiger partial charge in [0.2, 0.25) is 5.91 Å². The highest BCUT2D eigenvalue weighted by Crippen LogP contribution is 2.43. The molecule has 7 nitrogen and oxygen atoms in total. The number of carbonyl (C=O) groups is 3. The molecule has 3 aromatic rings. The van der Waals surface area contributed by atoms with Gasteiger partial charge in [-0.1, -0.05) is 72.8 Å². The standard InChI is InChI=1S/C29H26N2O5S/c1-35-22-14-12-20(13-15-22)17-36-29(34)26-23(21-10-6-3-7-11-21)18-37-28-25(27(33)31(26)28)30-24(32)16-19-8-4-2-5-9-19/h2-15,25,28H,16-18H2,1H3,(H,30,32)/t25-,28?/m1/s1. The average molecular weight is 515 g/mol. The first-order valence-corrected chi connectivity index (χ1v) is 13.0. The van der Waals surface area contributed by atoms with Crippen LogP contribution in [0.3, 0.4) is 0 Å². The zero-order valence-corrected chi connectivity index (χ0v) is 21.1. The van der Waals surface area contributed by atoms with E-state index in [9.17, 15) is 14.4 Å². The molecule has 2 heterocycles. The maximum atomic E-state index is 13.4. The van der Waals surface area contributed by atoms with Crippen molar-refractivity contribution < 1.29 is 23.9 Å². The van der Waals surface area contributed by atoms with Crippen LogP contribution < -0.4 is 10.1 Å². The number of hydrogen-bond acceptors (Lipinski definition) is 6. The summed E-state index contributed by atoms with van der Waals surface area (Å²) in [6, 6.07) is 25.4. The molecule has 1 fully saturated rings. The van der Waals surface area contributed by atoms with Crippen molar-refractivity contribution in [3.63, 3.8) is 0 Å². The van der Waals surface area contributed by atoms with Crippen LogP contribution in [0.25, 0.3) is 5.57 Å². The molecule has 2 amide bonds. The number of fused-ring (bicyclic) bond motifs is 1. The largest absolute Gasteiger partial charge is 0.497 e. The van der Waals surface area contributed by atoms with Gasteiger partial charge in [-0.3, -0.25) is 14.5 Å². The Bertz CT molecular complexity index is 1330. The molecule has 37 heavy (non-hydrogen) atoms. The molecular formula is C29H26N2O5S. The molecule has 2 aliphatic rings. The lowest BCUT2D eigenvalue weighted by Gasteiger charge is -2.49. The molecular weight excluding hydrogens is 488 g/mol. The van der Waals surface area contributed by atoms with E-state index in [4.69, 9.17) is 9.47 Å². The second kappa shape index (κ2) is 10.9. The number of nitrogens with one attached hydrogen (secondary N) is 1. The van der Waals surface area contributed by atoms with Crippen molar-refractivity contribution in [3.8, 4) is 5.75 Å². The second-order valence-corrected chi connectivity index (χ2v) is 9.84. The van der Waals surface area contributed by atoms with Crippen LogP contribution in [-0.4, -0.2) is 47.0 Å². The van der Waals surface area contributed by atoms with Gasteiger partial charge in [0.15, 0.2) is 0 Å². The summed E-state index contributed by atoms with van der Waals surface area (Å²) < 4.78 is 10.8. The Morgan fingerprint density at radius 3 is 2.30 bits per heavy atom. The quantitative estimate of drug-likeness (QED) is 0.364. The van der Waals surface area contributed by atoms with E-state index in [0.717, 1.165) is 22.3 Å².